The van der Waals surface area contributed by atoms with E-state index < -0.39 is 0 Å². The molecule has 0 heterocycles. The molecule has 1 saturated carbocycles. The van der Waals surface area contributed by atoms with Crippen molar-refractivity contribution in [2.45, 2.75) is 31.8 Å². The fourth-order valence-electron chi connectivity index (χ4n) is 2.10. The monoisotopic (exact) mass is 189 g/mol. The van der Waals surface area contributed by atoms with E-state index in [1.165, 1.54) is 19.3 Å². The number of aliphatic hydroxyl groups is 1. The Kier molecular flexibility index (Phi) is 4.89. The highest BCUT2D eigenvalue weighted by molar-refractivity contribution is 4.73. The summed E-state index contributed by atoms with van der Waals surface area (Å²) in [5.41, 5.74) is 0. The number of quaternary nitrogens is 1. The smallest absolute Gasteiger partial charge is 0.0834 e. The molecule has 3 nitrogen and oxygen atoms in total. The van der Waals surface area contributed by atoms with Crippen LogP contribution in [0.25, 0.3) is 0 Å². The average molecular weight is 189 g/mol. The topological polar surface area (TPSA) is 50.2 Å². The van der Waals surface area contributed by atoms with Gasteiger partial charge in [-0.1, -0.05) is 12.8 Å². The summed E-state index contributed by atoms with van der Waals surface area (Å²) in [6, 6.07) is 0. The number of rotatable bonds is 2. The van der Waals surface area contributed by atoms with Crippen LogP contribution >= 0.6 is 0 Å². The molecule has 13 heavy (non-hydrogen) atoms. The highest BCUT2D eigenvalue weighted by Gasteiger charge is 2.27. The molecular formula is C10H23NO2. The van der Waals surface area contributed by atoms with Gasteiger partial charge in [0.15, 0.2) is 0 Å². The molecule has 80 valence electrons. The molecule has 1 aliphatic carbocycles. The molecule has 0 unspecified atom stereocenters. The zero-order chi connectivity index (χ0) is 9.19. The van der Waals surface area contributed by atoms with Gasteiger partial charge in [0, 0.05) is 5.92 Å². The van der Waals surface area contributed by atoms with E-state index in [2.05, 4.69) is 21.1 Å². The summed E-state index contributed by atoms with van der Waals surface area (Å²) in [6.45, 7) is 1.11. The molecule has 0 radical (unpaired) electrons. The lowest BCUT2D eigenvalue weighted by molar-refractivity contribution is -0.874. The van der Waals surface area contributed by atoms with Gasteiger partial charge in [-0.15, -0.1) is 0 Å². The Hall–Kier alpha value is -0.120. The van der Waals surface area contributed by atoms with Gasteiger partial charge < -0.3 is 15.1 Å². The van der Waals surface area contributed by atoms with Crippen LogP contribution < -0.4 is 0 Å². The summed E-state index contributed by atoms with van der Waals surface area (Å²) in [6.07, 6.45) is 4.73. The first-order chi connectivity index (χ1) is 5.49. The van der Waals surface area contributed by atoms with E-state index in [9.17, 15) is 5.11 Å². The first-order valence-corrected chi connectivity index (χ1v) is 4.97. The molecule has 0 spiro atoms. The van der Waals surface area contributed by atoms with Gasteiger partial charge in [0.2, 0.25) is 0 Å². The van der Waals surface area contributed by atoms with Crippen molar-refractivity contribution in [2.24, 2.45) is 5.92 Å². The maximum absolute atomic E-state index is 9.72. The van der Waals surface area contributed by atoms with Gasteiger partial charge in [0.1, 0.15) is 0 Å². The lowest BCUT2D eigenvalue weighted by Gasteiger charge is -2.34. The highest BCUT2D eigenvalue weighted by Crippen LogP contribution is 2.25. The molecule has 0 aromatic carbocycles. The van der Waals surface area contributed by atoms with Gasteiger partial charge >= 0.3 is 0 Å². The lowest BCUT2D eigenvalue weighted by Crippen LogP contribution is -2.43. The number of hydrogen-bond acceptors (Lipinski definition) is 2. The van der Waals surface area contributed by atoms with Crippen molar-refractivity contribution < 1.29 is 15.1 Å². The SMILES string of the molecule is C[N+](C)(C)C[C@@H]1CCCC[C@H]1O.[OH-]. The van der Waals surface area contributed by atoms with Crippen molar-refractivity contribution in [1.29, 1.82) is 0 Å². The Morgan fingerprint density at radius 3 is 2.15 bits per heavy atom. The molecule has 0 bridgehead atoms. The third-order valence-electron chi connectivity index (χ3n) is 2.65. The van der Waals surface area contributed by atoms with E-state index >= 15 is 0 Å². The fourth-order valence-corrected chi connectivity index (χ4v) is 2.10. The second-order valence-corrected chi connectivity index (χ2v) is 5.08. The van der Waals surface area contributed by atoms with Crippen LogP contribution in [0.4, 0.5) is 0 Å². The van der Waals surface area contributed by atoms with Gasteiger partial charge in [-0.05, 0) is 12.8 Å². The maximum atomic E-state index is 9.72. The molecule has 0 amide bonds. The molecule has 0 aromatic rings. The minimum Gasteiger partial charge on any atom is -0.870 e. The van der Waals surface area contributed by atoms with Crippen molar-refractivity contribution in [3.8, 4) is 0 Å². The van der Waals surface area contributed by atoms with Gasteiger partial charge in [-0.2, -0.15) is 0 Å². The fraction of sp³-hybridized carbons (Fsp3) is 1.00. The largest absolute Gasteiger partial charge is 0.870 e. The zero-order valence-electron chi connectivity index (χ0n) is 9.03. The van der Waals surface area contributed by atoms with Gasteiger partial charge in [0.25, 0.3) is 0 Å². The van der Waals surface area contributed by atoms with Gasteiger partial charge in [0.05, 0.1) is 33.8 Å². The van der Waals surface area contributed by atoms with Gasteiger partial charge in [-0.3, -0.25) is 0 Å². The Morgan fingerprint density at radius 1 is 1.15 bits per heavy atom. The normalized spacial score (nSPS) is 29.5. The molecule has 0 aromatic heterocycles. The van der Waals surface area contributed by atoms with E-state index in [0.717, 1.165) is 17.4 Å². The van der Waals surface area contributed by atoms with Crippen LogP contribution in [0.5, 0.6) is 0 Å². The van der Waals surface area contributed by atoms with E-state index in [1.807, 2.05) is 0 Å². The molecule has 1 rings (SSSR count). The lowest BCUT2D eigenvalue weighted by atomic mass is 9.86. The summed E-state index contributed by atoms with van der Waals surface area (Å²) in [7, 11) is 6.59. The summed E-state index contributed by atoms with van der Waals surface area (Å²) in [5.74, 6) is 0.541. The Bertz CT molecular complexity index is 142. The Balaban J connectivity index is 0.00000144. The zero-order valence-corrected chi connectivity index (χ0v) is 9.03. The predicted octanol–water partition coefficient (Wildman–Crippen LogP) is 1.07. The highest BCUT2D eigenvalue weighted by atomic mass is 16.3. The van der Waals surface area contributed by atoms with Crippen LogP contribution in [0.1, 0.15) is 25.7 Å². The minimum absolute atomic E-state index is 0. The standard InChI is InChI=1S/C10H22NO.H2O/c1-11(2,3)8-9-6-4-5-7-10(9)12;/h9-10,12H,4-8H2,1-3H3;1H2/q+1;/p-1/t9-,10+;/m0./s1. The summed E-state index contributed by atoms with van der Waals surface area (Å²) in [5, 5.41) is 9.72. The Labute approximate surface area is 81.3 Å². The number of nitrogens with zero attached hydrogens (tertiary/aromatic N) is 1. The molecule has 0 aliphatic heterocycles. The van der Waals surface area contributed by atoms with Crippen LogP contribution in [0.15, 0.2) is 0 Å². The van der Waals surface area contributed by atoms with Crippen LogP contribution in [0.3, 0.4) is 0 Å². The van der Waals surface area contributed by atoms with Crippen molar-refractivity contribution in [3.05, 3.63) is 0 Å². The summed E-state index contributed by atoms with van der Waals surface area (Å²) >= 11 is 0. The third kappa shape index (κ3) is 4.60. The first-order valence-electron chi connectivity index (χ1n) is 4.97. The van der Waals surface area contributed by atoms with Crippen LogP contribution in [-0.2, 0) is 0 Å². The van der Waals surface area contributed by atoms with Crippen molar-refractivity contribution in [2.75, 3.05) is 27.7 Å². The van der Waals surface area contributed by atoms with Crippen molar-refractivity contribution >= 4 is 0 Å². The average Bonchev–Trinajstić information content (AvgIpc) is 1.91. The van der Waals surface area contributed by atoms with Gasteiger partial charge in [-0.25, -0.2) is 0 Å². The predicted molar refractivity (Wildman–Crippen MR) is 52.8 cm³/mol. The van der Waals surface area contributed by atoms with E-state index in [-0.39, 0.29) is 11.6 Å². The second-order valence-electron chi connectivity index (χ2n) is 5.08. The summed E-state index contributed by atoms with van der Waals surface area (Å²) < 4.78 is 0.974. The second kappa shape index (κ2) is 4.94. The molecule has 2 N–H and O–H groups in total. The molecule has 3 heteroatoms. The molecule has 0 saturated heterocycles. The molecule has 2 atom stereocenters. The van der Waals surface area contributed by atoms with Crippen LogP contribution in [-0.4, -0.2) is 48.9 Å². The van der Waals surface area contributed by atoms with E-state index in [4.69, 9.17) is 0 Å². The van der Waals surface area contributed by atoms with E-state index in [0.29, 0.717) is 5.92 Å². The van der Waals surface area contributed by atoms with Crippen LogP contribution in [0, 0.1) is 5.92 Å². The minimum atomic E-state index is -0.0314. The Morgan fingerprint density at radius 2 is 1.69 bits per heavy atom. The van der Waals surface area contributed by atoms with Crippen LogP contribution in [0.2, 0.25) is 0 Å². The quantitative estimate of drug-likeness (QED) is 0.660. The first kappa shape index (κ1) is 12.9. The number of hydrogen-bond donors (Lipinski definition) is 1. The van der Waals surface area contributed by atoms with E-state index in [1.54, 1.807) is 0 Å². The molecule has 1 fully saturated rings. The summed E-state index contributed by atoms with van der Waals surface area (Å²) in [4.78, 5) is 0. The maximum Gasteiger partial charge on any atom is 0.0834 e. The molecule has 1 aliphatic rings. The molecular weight excluding hydrogens is 166 g/mol. The third-order valence-corrected chi connectivity index (χ3v) is 2.65. The number of aliphatic hydroxyl groups excluding tert-OH is 1. The van der Waals surface area contributed by atoms with Crippen molar-refractivity contribution in [1.82, 2.24) is 0 Å². The van der Waals surface area contributed by atoms with Crippen molar-refractivity contribution in [3.63, 3.8) is 0 Å².